The van der Waals surface area contributed by atoms with Gasteiger partial charge in [0.2, 0.25) is 0 Å². The molecule has 0 heterocycles. The number of hydrogen-bond acceptors (Lipinski definition) is 1. The molecule has 0 saturated heterocycles. The monoisotopic (exact) mass is 389 g/mol. The third kappa shape index (κ3) is 5.13. The predicted molar refractivity (Wildman–Crippen MR) is 123 cm³/mol. The maximum Gasteiger partial charge on any atom is 0.0562 e. The normalized spacial score (nSPS) is 12.1. The van der Waals surface area contributed by atoms with Crippen molar-refractivity contribution in [2.45, 2.75) is 20.3 Å². The fourth-order valence-electron chi connectivity index (χ4n) is 3.42. The summed E-state index contributed by atoms with van der Waals surface area (Å²) in [6.07, 6.45) is 1.07. The van der Waals surface area contributed by atoms with Gasteiger partial charge in [0.1, 0.15) is 0 Å². The van der Waals surface area contributed by atoms with Gasteiger partial charge in [0.05, 0.1) is 5.03 Å². The summed E-state index contributed by atoms with van der Waals surface area (Å²) in [5, 5.41) is 0.780. The molecule has 0 aromatic heterocycles. The molecule has 0 N–H and O–H groups in total. The Morgan fingerprint density at radius 3 is 1.71 bits per heavy atom. The third-order valence-electron chi connectivity index (χ3n) is 5.16. The second-order valence-corrected chi connectivity index (χ2v) is 7.27. The summed E-state index contributed by atoms with van der Waals surface area (Å²) in [6, 6.07) is 29.4. The number of halogens is 1. The Kier molecular flexibility index (Phi) is 7.47. The highest BCUT2D eigenvalue weighted by molar-refractivity contribution is 6.53. The molecule has 0 spiro atoms. The van der Waals surface area contributed by atoms with Gasteiger partial charge in [-0.3, -0.25) is 0 Å². The number of hydrogen-bond donors (Lipinski definition) is 0. The lowest BCUT2D eigenvalue weighted by atomic mass is 9.94. The van der Waals surface area contributed by atoms with E-state index >= 15 is 0 Å². The Morgan fingerprint density at radius 2 is 1.18 bits per heavy atom. The van der Waals surface area contributed by atoms with E-state index in [9.17, 15) is 0 Å². The lowest BCUT2D eigenvalue weighted by Crippen LogP contribution is -2.25. The van der Waals surface area contributed by atoms with Gasteiger partial charge in [-0.25, -0.2) is 0 Å². The summed E-state index contributed by atoms with van der Waals surface area (Å²) < 4.78 is 0. The summed E-state index contributed by atoms with van der Waals surface area (Å²) >= 11 is 6.89. The molecule has 0 radical (unpaired) electrons. The van der Waals surface area contributed by atoms with Gasteiger partial charge >= 0.3 is 0 Å². The molecule has 1 nitrogen and oxygen atoms in total. The minimum absolute atomic E-state index is 0.780. The highest BCUT2D eigenvalue weighted by Crippen LogP contribution is 2.34. The molecule has 2 heteroatoms. The van der Waals surface area contributed by atoms with Crippen molar-refractivity contribution in [2.75, 3.05) is 19.6 Å². The van der Waals surface area contributed by atoms with Gasteiger partial charge in [-0.05, 0) is 41.8 Å². The van der Waals surface area contributed by atoms with Crippen molar-refractivity contribution < 1.29 is 0 Å². The summed E-state index contributed by atoms with van der Waals surface area (Å²) in [7, 11) is 0. The Bertz CT molecular complexity index is 879. The molecule has 3 aromatic rings. The van der Waals surface area contributed by atoms with Crippen molar-refractivity contribution in [3.05, 3.63) is 107 Å². The Labute approximate surface area is 174 Å². The van der Waals surface area contributed by atoms with Gasteiger partial charge < -0.3 is 4.90 Å². The minimum atomic E-state index is 0.780. The van der Waals surface area contributed by atoms with E-state index in [2.05, 4.69) is 79.4 Å². The van der Waals surface area contributed by atoms with Gasteiger partial charge in [-0.2, -0.15) is 0 Å². The zero-order valence-electron chi connectivity index (χ0n) is 16.7. The highest BCUT2D eigenvalue weighted by Gasteiger charge is 2.12. The van der Waals surface area contributed by atoms with Gasteiger partial charge in [0.15, 0.2) is 0 Å². The van der Waals surface area contributed by atoms with E-state index in [1.54, 1.807) is 0 Å². The van der Waals surface area contributed by atoms with E-state index in [1.165, 1.54) is 5.56 Å². The van der Waals surface area contributed by atoms with Crippen molar-refractivity contribution in [2.24, 2.45) is 0 Å². The van der Waals surface area contributed by atoms with Crippen molar-refractivity contribution in [1.29, 1.82) is 0 Å². The van der Waals surface area contributed by atoms with Crippen LogP contribution in [0.15, 0.2) is 84.9 Å². The van der Waals surface area contributed by atoms with Crippen LogP contribution in [0.4, 0.5) is 0 Å². The zero-order valence-corrected chi connectivity index (χ0v) is 17.5. The standard InChI is InChI=1S/C26H28ClN/c1-3-28(4-2)20-19-21-15-17-23(18-16-21)25(22-11-7-5-8-12-22)26(27)24-13-9-6-10-14-24/h5-18H,3-4,19-20H2,1-2H3/b26-25-. The van der Waals surface area contributed by atoms with Crippen LogP contribution in [0.25, 0.3) is 10.6 Å². The van der Waals surface area contributed by atoms with E-state index < -0.39 is 0 Å². The molecule has 3 rings (SSSR count). The fourth-order valence-corrected chi connectivity index (χ4v) is 3.76. The largest absolute Gasteiger partial charge is 0.304 e. The van der Waals surface area contributed by atoms with Crippen LogP contribution >= 0.6 is 11.6 Å². The number of benzene rings is 3. The number of rotatable bonds is 8. The SMILES string of the molecule is CCN(CC)CCc1ccc(/C(=C(\Cl)c2ccccc2)c2ccccc2)cc1. The molecule has 0 bridgehead atoms. The molecule has 0 amide bonds. The first-order valence-corrected chi connectivity index (χ1v) is 10.4. The molecular formula is C26H28ClN. The van der Waals surface area contributed by atoms with E-state index in [0.29, 0.717) is 0 Å². The van der Waals surface area contributed by atoms with Crippen LogP contribution < -0.4 is 0 Å². The van der Waals surface area contributed by atoms with E-state index in [0.717, 1.165) is 53.4 Å². The maximum atomic E-state index is 6.89. The van der Waals surface area contributed by atoms with Crippen molar-refractivity contribution in [1.82, 2.24) is 4.90 Å². The van der Waals surface area contributed by atoms with Crippen LogP contribution in [-0.4, -0.2) is 24.5 Å². The quantitative estimate of drug-likeness (QED) is 0.386. The van der Waals surface area contributed by atoms with E-state index in [-0.39, 0.29) is 0 Å². The Balaban J connectivity index is 1.94. The average molecular weight is 390 g/mol. The molecule has 0 aliphatic rings. The first-order valence-electron chi connectivity index (χ1n) is 10.0. The Morgan fingerprint density at radius 1 is 0.679 bits per heavy atom. The first-order chi connectivity index (χ1) is 13.7. The molecule has 28 heavy (non-hydrogen) atoms. The summed E-state index contributed by atoms with van der Waals surface area (Å²) in [5.41, 5.74) is 5.75. The smallest absolute Gasteiger partial charge is 0.0562 e. The minimum Gasteiger partial charge on any atom is -0.304 e. The average Bonchev–Trinajstić information content (AvgIpc) is 2.77. The van der Waals surface area contributed by atoms with Gasteiger partial charge in [-0.15, -0.1) is 0 Å². The lowest BCUT2D eigenvalue weighted by molar-refractivity contribution is 0.308. The second-order valence-electron chi connectivity index (χ2n) is 6.89. The van der Waals surface area contributed by atoms with Crippen LogP contribution in [0.2, 0.25) is 0 Å². The topological polar surface area (TPSA) is 3.24 Å². The van der Waals surface area contributed by atoms with Crippen LogP contribution in [0.1, 0.15) is 36.1 Å². The summed E-state index contributed by atoms with van der Waals surface area (Å²) in [6.45, 7) is 7.73. The second kappa shape index (κ2) is 10.3. The molecule has 3 aromatic carbocycles. The molecule has 0 fully saturated rings. The first kappa shape index (κ1) is 20.4. The molecule has 0 aliphatic heterocycles. The van der Waals surface area contributed by atoms with Crippen molar-refractivity contribution >= 4 is 22.2 Å². The highest BCUT2D eigenvalue weighted by atomic mass is 35.5. The molecular weight excluding hydrogens is 362 g/mol. The summed E-state index contributed by atoms with van der Waals surface area (Å²) in [5.74, 6) is 0. The van der Waals surface area contributed by atoms with Crippen LogP contribution in [-0.2, 0) is 6.42 Å². The van der Waals surface area contributed by atoms with Crippen LogP contribution in [0, 0.1) is 0 Å². The fraction of sp³-hybridized carbons (Fsp3) is 0.231. The molecule has 0 unspecified atom stereocenters. The lowest BCUT2D eigenvalue weighted by Gasteiger charge is -2.18. The van der Waals surface area contributed by atoms with Gasteiger partial charge in [-0.1, -0.05) is 110 Å². The van der Waals surface area contributed by atoms with Gasteiger partial charge in [0.25, 0.3) is 0 Å². The van der Waals surface area contributed by atoms with E-state index in [1.807, 2.05) is 24.3 Å². The molecule has 0 atom stereocenters. The Hall–Kier alpha value is -2.35. The number of nitrogens with zero attached hydrogens (tertiary/aromatic N) is 1. The molecule has 0 saturated carbocycles. The maximum absolute atomic E-state index is 6.89. The van der Waals surface area contributed by atoms with Gasteiger partial charge in [0, 0.05) is 12.1 Å². The van der Waals surface area contributed by atoms with E-state index in [4.69, 9.17) is 11.6 Å². The van der Waals surface area contributed by atoms with Crippen molar-refractivity contribution in [3.63, 3.8) is 0 Å². The van der Waals surface area contributed by atoms with Crippen LogP contribution in [0.3, 0.4) is 0 Å². The third-order valence-corrected chi connectivity index (χ3v) is 5.57. The predicted octanol–water partition coefficient (Wildman–Crippen LogP) is 6.73. The van der Waals surface area contributed by atoms with Crippen molar-refractivity contribution in [3.8, 4) is 0 Å². The molecule has 144 valence electrons. The molecule has 0 aliphatic carbocycles. The summed E-state index contributed by atoms with van der Waals surface area (Å²) in [4.78, 5) is 2.45. The zero-order chi connectivity index (χ0) is 19.8. The van der Waals surface area contributed by atoms with Crippen LogP contribution in [0.5, 0.6) is 0 Å². The number of likely N-dealkylation sites (N-methyl/N-ethyl adjacent to an activating group) is 1.